The standard InChI is InChI=1S/C22H19F2N5O2/c1-25-21-27-10-6-14(29-21)12-3-2-9-26-20(12)31-16-5-4-15(17(23)18(16)24)28-19(30)13-11-22(13)7-8-22/h2-6,9-10,13H,7-8,11H2,1H3,(H,28,30)(H,25,27,29). The highest BCUT2D eigenvalue weighted by atomic mass is 19.2. The Morgan fingerprint density at radius 2 is 1.97 bits per heavy atom. The van der Waals surface area contributed by atoms with Crippen molar-refractivity contribution in [2.75, 3.05) is 17.7 Å². The summed E-state index contributed by atoms with van der Waals surface area (Å²) in [5.41, 5.74) is 0.923. The molecule has 1 unspecified atom stereocenters. The van der Waals surface area contributed by atoms with E-state index in [0.29, 0.717) is 17.2 Å². The lowest BCUT2D eigenvalue weighted by Gasteiger charge is -2.13. The molecule has 2 heterocycles. The smallest absolute Gasteiger partial charge is 0.228 e. The van der Waals surface area contributed by atoms with Crippen molar-refractivity contribution < 1.29 is 18.3 Å². The van der Waals surface area contributed by atoms with Crippen molar-refractivity contribution in [3.05, 3.63) is 54.4 Å². The monoisotopic (exact) mass is 423 g/mol. The highest BCUT2D eigenvalue weighted by Crippen LogP contribution is 2.70. The van der Waals surface area contributed by atoms with Crippen LogP contribution in [0.2, 0.25) is 0 Å². The highest BCUT2D eigenvalue weighted by Gasteiger charge is 2.65. The number of carbonyl (C=O) groups excluding carboxylic acids is 1. The molecule has 1 aromatic carbocycles. The molecule has 2 aromatic heterocycles. The molecular formula is C22H19F2N5O2. The number of ether oxygens (including phenoxy) is 1. The predicted molar refractivity (Wildman–Crippen MR) is 110 cm³/mol. The number of nitrogens with zero attached hydrogens (tertiary/aromatic N) is 3. The van der Waals surface area contributed by atoms with Crippen LogP contribution in [0, 0.1) is 23.0 Å². The first kappa shape index (κ1) is 19.3. The number of pyridine rings is 1. The topological polar surface area (TPSA) is 89.0 Å². The van der Waals surface area contributed by atoms with Gasteiger partial charge in [-0.2, -0.15) is 4.39 Å². The lowest BCUT2D eigenvalue weighted by Crippen LogP contribution is -2.16. The largest absolute Gasteiger partial charge is 0.435 e. The Balaban J connectivity index is 1.39. The molecule has 2 fully saturated rings. The van der Waals surface area contributed by atoms with Crippen LogP contribution in [0.15, 0.2) is 42.7 Å². The van der Waals surface area contributed by atoms with Crippen molar-refractivity contribution in [2.45, 2.75) is 19.3 Å². The molecule has 0 saturated heterocycles. The van der Waals surface area contributed by atoms with Crippen LogP contribution in [0.1, 0.15) is 19.3 Å². The predicted octanol–water partition coefficient (Wildman–Crippen LogP) is 4.39. The second-order valence-electron chi connectivity index (χ2n) is 7.82. The van der Waals surface area contributed by atoms with Gasteiger partial charge < -0.3 is 15.4 Å². The van der Waals surface area contributed by atoms with Crippen LogP contribution in [0.25, 0.3) is 11.3 Å². The van der Waals surface area contributed by atoms with E-state index >= 15 is 0 Å². The summed E-state index contributed by atoms with van der Waals surface area (Å²) in [5, 5.41) is 5.34. The number of nitrogens with one attached hydrogen (secondary N) is 2. The number of hydrogen-bond donors (Lipinski definition) is 2. The van der Waals surface area contributed by atoms with E-state index in [-0.39, 0.29) is 34.6 Å². The lowest BCUT2D eigenvalue weighted by molar-refractivity contribution is -0.117. The second kappa shape index (κ2) is 7.26. The second-order valence-corrected chi connectivity index (χ2v) is 7.82. The molecule has 0 bridgehead atoms. The number of amides is 1. The van der Waals surface area contributed by atoms with Crippen LogP contribution in [-0.2, 0) is 4.79 Å². The molecule has 1 atom stereocenters. The first-order chi connectivity index (χ1) is 15.0. The van der Waals surface area contributed by atoms with Gasteiger partial charge in [0, 0.05) is 25.4 Å². The quantitative estimate of drug-likeness (QED) is 0.611. The minimum atomic E-state index is -1.20. The number of benzene rings is 1. The summed E-state index contributed by atoms with van der Waals surface area (Å²) in [6, 6.07) is 7.61. The number of hydrogen-bond acceptors (Lipinski definition) is 6. The Hall–Kier alpha value is -3.62. The van der Waals surface area contributed by atoms with E-state index < -0.39 is 11.6 Å². The Morgan fingerprint density at radius 1 is 1.13 bits per heavy atom. The van der Waals surface area contributed by atoms with Gasteiger partial charge in [-0.3, -0.25) is 4.79 Å². The molecule has 31 heavy (non-hydrogen) atoms. The zero-order chi connectivity index (χ0) is 21.6. The Labute approximate surface area is 176 Å². The van der Waals surface area contributed by atoms with Gasteiger partial charge in [0.1, 0.15) is 0 Å². The molecule has 1 amide bonds. The average molecular weight is 423 g/mol. The average Bonchev–Trinajstić information content (AvgIpc) is 3.72. The summed E-state index contributed by atoms with van der Waals surface area (Å²) in [5.74, 6) is -2.63. The van der Waals surface area contributed by atoms with Crippen LogP contribution >= 0.6 is 0 Å². The summed E-state index contributed by atoms with van der Waals surface area (Å²) in [4.78, 5) is 24.8. The normalized spacial score (nSPS) is 17.8. The third-order valence-electron chi connectivity index (χ3n) is 5.84. The first-order valence-corrected chi connectivity index (χ1v) is 9.94. The van der Waals surface area contributed by atoms with Crippen LogP contribution in [0.5, 0.6) is 11.6 Å². The van der Waals surface area contributed by atoms with Crippen molar-refractivity contribution in [3.63, 3.8) is 0 Å². The van der Waals surface area contributed by atoms with Gasteiger partial charge in [0.25, 0.3) is 0 Å². The third-order valence-corrected chi connectivity index (χ3v) is 5.84. The van der Waals surface area contributed by atoms with Crippen molar-refractivity contribution >= 4 is 17.5 Å². The van der Waals surface area contributed by atoms with Crippen molar-refractivity contribution in [3.8, 4) is 22.9 Å². The molecule has 9 heteroatoms. The summed E-state index contributed by atoms with van der Waals surface area (Å²) in [7, 11) is 1.69. The first-order valence-electron chi connectivity index (χ1n) is 9.94. The number of carbonyl (C=O) groups is 1. The van der Waals surface area contributed by atoms with E-state index in [4.69, 9.17) is 4.74 Å². The number of anilines is 2. The molecule has 0 radical (unpaired) electrons. The van der Waals surface area contributed by atoms with Gasteiger partial charge in [-0.05, 0) is 55.0 Å². The van der Waals surface area contributed by atoms with E-state index in [9.17, 15) is 13.6 Å². The van der Waals surface area contributed by atoms with Crippen molar-refractivity contribution in [2.24, 2.45) is 11.3 Å². The minimum Gasteiger partial charge on any atom is -0.435 e. The van der Waals surface area contributed by atoms with Gasteiger partial charge in [0.2, 0.25) is 23.6 Å². The maximum Gasteiger partial charge on any atom is 0.228 e. The van der Waals surface area contributed by atoms with Crippen LogP contribution < -0.4 is 15.4 Å². The van der Waals surface area contributed by atoms with Gasteiger partial charge in [-0.15, -0.1) is 0 Å². The zero-order valence-electron chi connectivity index (χ0n) is 16.7. The van der Waals surface area contributed by atoms with E-state index in [0.717, 1.165) is 19.3 Å². The Morgan fingerprint density at radius 3 is 2.71 bits per heavy atom. The van der Waals surface area contributed by atoms with E-state index in [1.165, 1.54) is 18.3 Å². The number of rotatable bonds is 6. The zero-order valence-corrected chi connectivity index (χ0v) is 16.7. The summed E-state index contributed by atoms with van der Waals surface area (Å²) in [6.07, 6.45) is 5.93. The fourth-order valence-corrected chi connectivity index (χ4v) is 3.76. The molecule has 1 spiro atoms. The molecule has 7 nitrogen and oxygen atoms in total. The number of aromatic nitrogens is 3. The summed E-state index contributed by atoms with van der Waals surface area (Å²) in [6.45, 7) is 0. The molecule has 2 N–H and O–H groups in total. The van der Waals surface area contributed by atoms with E-state index in [1.54, 1.807) is 31.4 Å². The molecule has 158 valence electrons. The molecule has 2 aliphatic rings. The van der Waals surface area contributed by atoms with Gasteiger partial charge in [0.05, 0.1) is 16.9 Å². The van der Waals surface area contributed by atoms with E-state index in [2.05, 4.69) is 25.6 Å². The van der Waals surface area contributed by atoms with Crippen LogP contribution in [0.3, 0.4) is 0 Å². The van der Waals surface area contributed by atoms with Gasteiger partial charge in [-0.1, -0.05) is 0 Å². The maximum atomic E-state index is 14.7. The van der Waals surface area contributed by atoms with Gasteiger partial charge in [0.15, 0.2) is 11.6 Å². The lowest BCUT2D eigenvalue weighted by atomic mass is 10.2. The minimum absolute atomic E-state index is 0.0620. The van der Waals surface area contributed by atoms with E-state index in [1.807, 2.05) is 0 Å². The molecule has 3 aromatic rings. The van der Waals surface area contributed by atoms with Crippen molar-refractivity contribution in [1.29, 1.82) is 0 Å². The Bertz CT molecular complexity index is 1180. The van der Waals surface area contributed by atoms with Crippen LogP contribution in [-0.4, -0.2) is 27.9 Å². The maximum absolute atomic E-state index is 14.7. The molecule has 2 aliphatic carbocycles. The third kappa shape index (κ3) is 3.56. The molecule has 5 rings (SSSR count). The fourth-order valence-electron chi connectivity index (χ4n) is 3.76. The fraction of sp³-hybridized carbons (Fsp3) is 0.273. The molecule has 0 aliphatic heterocycles. The number of halogens is 2. The molecular weight excluding hydrogens is 404 g/mol. The van der Waals surface area contributed by atoms with Crippen molar-refractivity contribution in [1.82, 2.24) is 15.0 Å². The van der Waals surface area contributed by atoms with Crippen LogP contribution in [0.4, 0.5) is 20.4 Å². The van der Waals surface area contributed by atoms with Gasteiger partial charge >= 0.3 is 0 Å². The SMILES string of the molecule is CNc1nccc(-c2cccnc2Oc2ccc(NC(=O)C3CC34CC4)c(F)c2F)n1. The Kier molecular flexibility index (Phi) is 4.53. The highest BCUT2D eigenvalue weighted by molar-refractivity contribution is 5.95. The summed E-state index contributed by atoms with van der Waals surface area (Å²) >= 11 is 0. The van der Waals surface area contributed by atoms with Gasteiger partial charge in [-0.25, -0.2) is 19.3 Å². The summed E-state index contributed by atoms with van der Waals surface area (Å²) < 4.78 is 34.9. The molecule has 2 saturated carbocycles.